The molecule has 0 bridgehead atoms. The van der Waals surface area contributed by atoms with Gasteiger partial charge in [0.05, 0.1) is 10.5 Å². The average molecular weight is 405 g/mol. The van der Waals surface area contributed by atoms with E-state index in [0.29, 0.717) is 13.1 Å². The first-order valence-electron chi connectivity index (χ1n) is 8.93. The van der Waals surface area contributed by atoms with Crippen molar-refractivity contribution in [1.29, 1.82) is 0 Å². The molecule has 1 aromatic rings. The van der Waals surface area contributed by atoms with Crippen molar-refractivity contribution in [3.63, 3.8) is 0 Å². The lowest BCUT2D eigenvalue weighted by molar-refractivity contribution is 0.564. The summed E-state index contributed by atoms with van der Waals surface area (Å²) in [4.78, 5) is 0. The van der Waals surface area contributed by atoms with E-state index in [1.807, 2.05) is 38.1 Å². The molecule has 8 heteroatoms. The second kappa shape index (κ2) is 9.30. The Morgan fingerprint density at radius 1 is 0.654 bits per heavy atom. The molecule has 6 nitrogen and oxygen atoms in total. The van der Waals surface area contributed by atoms with Crippen LogP contribution in [0.1, 0.15) is 64.5 Å². The predicted octanol–water partition coefficient (Wildman–Crippen LogP) is 2.55. The van der Waals surface area contributed by atoms with Gasteiger partial charge in [0, 0.05) is 13.1 Å². The Bertz CT molecular complexity index is 703. The molecule has 0 fully saturated rings. The summed E-state index contributed by atoms with van der Waals surface area (Å²) in [5.74, 6) is 0.0969. The van der Waals surface area contributed by atoms with Crippen LogP contribution in [-0.2, 0) is 20.0 Å². The van der Waals surface area contributed by atoms with E-state index in [4.69, 9.17) is 0 Å². The van der Waals surface area contributed by atoms with E-state index < -0.39 is 30.5 Å². The molecule has 0 aromatic heterocycles. The van der Waals surface area contributed by atoms with Crippen LogP contribution in [0.2, 0.25) is 0 Å². The molecule has 2 N–H and O–H groups in total. The van der Waals surface area contributed by atoms with Crippen LogP contribution in [0.4, 0.5) is 0 Å². The third-order valence-corrected chi connectivity index (χ3v) is 8.12. The largest absolute Gasteiger partial charge is 0.214 e. The minimum atomic E-state index is -3.27. The minimum Gasteiger partial charge on any atom is -0.214 e. The van der Waals surface area contributed by atoms with Gasteiger partial charge in [0.1, 0.15) is 0 Å². The van der Waals surface area contributed by atoms with Crippen LogP contribution in [0.3, 0.4) is 0 Å². The fraction of sp³-hybridized carbons (Fsp3) is 0.667. The van der Waals surface area contributed by atoms with Gasteiger partial charge in [0.15, 0.2) is 0 Å². The Hall–Kier alpha value is -0.960. The summed E-state index contributed by atoms with van der Waals surface area (Å²) in [6, 6.07) is 7.88. The third-order valence-electron chi connectivity index (χ3n) is 4.50. The first-order valence-corrected chi connectivity index (χ1v) is 12.0. The van der Waals surface area contributed by atoms with Gasteiger partial charge in [-0.3, -0.25) is 0 Å². The molecule has 2 atom stereocenters. The molecular formula is C18H32N2O4S2. The number of nitrogens with one attached hydrogen (secondary N) is 2. The van der Waals surface area contributed by atoms with Crippen LogP contribution >= 0.6 is 0 Å². The first-order chi connectivity index (χ1) is 11.9. The molecule has 0 heterocycles. The van der Waals surface area contributed by atoms with E-state index in [9.17, 15) is 16.8 Å². The van der Waals surface area contributed by atoms with Crippen molar-refractivity contribution in [1.82, 2.24) is 9.44 Å². The van der Waals surface area contributed by atoms with Crippen LogP contribution in [-0.4, -0.2) is 40.4 Å². The van der Waals surface area contributed by atoms with Gasteiger partial charge < -0.3 is 0 Å². The molecule has 0 spiro atoms. The van der Waals surface area contributed by atoms with Crippen molar-refractivity contribution in [3.8, 4) is 0 Å². The van der Waals surface area contributed by atoms with Crippen molar-refractivity contribution >= 4 is 20.0 Å². The quantitative estimate of drug-likeness (QED) is 0.627. The van der Waals surface area contributed by atoms with Gasteiger partial charge in [-0.05, 0) is 50.7 Å². The predicted molar refractivity (Wildman–Crippen MR) is 107 cm³/mol. The Morgan fingerprint density at radius 2 is 0.923 bits per heavy atom. The van der Waals surface area contributed by atoms with Crippen molar-refractivity contribution < 1.29 is 16.8 Å². The normalized spacial score (nSPS) is 15.4. The van der Waals surface area contributed by atoms with Gasteiger partial charge >= 0.3 is 0 Å². The van der Waals surface area contributed by atoms with Gasteiger partial charge in [0.2, 0.25) is 20.0 Å². The summed E-state index contributed by atoms with van der Waals surface area (Å²) in [5.41, 5.74) is 2.07. The molecule has 0 amide bonds. The molecule has 0 saturated heterocycles. The Balaban J connectivity index is 2.67. The van der Waals surface area contributed by atoms with Crippen molar-refractivity contribution in [2.45, 2.75) is 63.9 Å². The van der Waals surface area contributed by atoms with E-state index in [1.165, 1.54) is 0 Å². The molecule has 1 rings (SSSR count). The molecule has 2 unspecified atom stereocenters. The zero-order valence-electron chi connectivity index (χ0n) is 16.5. The van der Waals surface area contributed by atoms with E-state index >= 15 is 0 Å². The maximum Gasteiger partial charge on any atom is 0.213 e. The number of benzene rings is 1. The first kappa shape index (κ1) is 23.1. The Labute approximate surface area is 158 Å². The van der Waals surface area contributed by atoms with Crippen molar-refractivity contribution in [2.75, 3.05) is 13.1 Å². The third kappa shape index (κ3) is 6.64. The highest BCUT2D eigenvalue weighted by Crippen LogP contribution is 2.20. The van der Waals surface area contributed by atoms with Crippen LogP contribution in [0.15, 0.2) is 24.3 Å². The van der Waals surface area contributed by atoms with Gasteiger partial charge in [0.25, 0.3) is 0 Å². The second-order valence-electron chi connectivity index (χ2n) is 7.35. The number of rotatable bonds is 10. The number of sulfonamides is 2. The van der Waals surface area contributed by atoms with Crippen LogP contribution < -0.4 is 9.44 Å². The van der Waals surface area contributed by atoms with Gasteiger partial charge in [-0.25, -0.2) is 26.3 Å². The Kier molecular flexibility index (Phi) is 8.26. The van der Waals surface area contributed by atoms with Gasteiger partial charge in [-0.2, -0.15) is 0 Å². The van der Waals surface area contributed by atoms with Gasteiger partial charge in [-0.15, -0.1) is 0 Å². The van der Waals surface area contributed by atoms with Crippen molar-refractivity contribution in [2.24, 2.45) is 0 Å². The number of hydrogen-bond acceptors (Lipinski definition) is 4. The summed E-state index contributed by atoms with van der Waals surface area (Å²) < 4.78 is 52.6. The summed E-state index contributed by atoms with van der Waals surface area (Å²) in [6.45, 7) is 11.2. The average Bonchev–Trinajstić information content (AvgIpc) is 2.57. The van der Waals surface area contributed by atoms with E-state index in [-0.39, 0.29) is 11.8 Å². The summed E-state index contributed by atoms with van der Waals surface area (Å²) in [5, 5.41) is -0.903. The fourth-order valence-corrected chi connectivity index (χ4v) is 3.84. The maximum atomic E-state index is 11.8. The topological polar surface area (TPSA) is 92.3 Å². The van der Waals surface area contributed by atoms with Crippen LogP contribution in [0, 0.1) is 0 Å². The summed E-state index contributed by atoms with van der Waals surface area (Å²) in [7, 11) is -6.53. The van der Waals surface area contributed by atoms with Crippen molar-refractivity contribution in [3.05, 3.63) is 35.4 Å². The lowest BCUT2D eigenvalue weighted by Crippen LogP contribution is -2.33. The molecule has 26 heavy (non-hydrogen) atoms. The second-order valence-corrected chi connectivity index (χ2v) is 12.0. The highest BCUT2D eigenvalue weighted by Gasteiger charge is 2.18. The molecule has 150 valence electrons. The van der Waals surface area contributed by atoms with Gasteiger partial charge in [-0.1, -0.05) is 38.1 Å². The SMILES string of the molecule is CC(CNS(=O)(=O)C(C)C)c1ccc(C(C)CNS(=O)(=O)C(C)C)cc1. The lowest BCUT2D eigenvalue weighted by atomic mass is 9.96. The molecule has 0 aliphatic heterocycles. The lowest BCUT2D eigenvalue weighted by Gasteiger charge is -2.18. The fourth-order valence-electron chi connectivity index (χ4n) is 2.20. The zero-order valence-corrected chi connectivity index (χ0v) is 18.1. The zero-order chi connectivity index (χ0) is 20.1. The minimum absolute atomic E-state index is 0.0484. The molecule has 1 aromatic carbocycles. The summed E-state index contributed by atoms with van der Waals surface area (Å²) in [6.07, 6.45) is 0. The molecule has 0 radical (unpaired) electrons. The monoisotopic (exact) mass is 404 g/mol. The molecule has 0 aliphatic rings. The smallest absolute Gasteiger partial charge is 0.213 e. The van der Waals surface area contributed by atoms with E-state index in [2.05, 4.69) is 9.44 Å². The number of hydrogen-bond donors (Lipinski definition) is 2. The van der Waals surface area contributed by atoms with E-state index in [0.717, 1.165) is 11.1 Å². The highest BCUT2D eigenvalue weighted by atomic mass is 32.2. The molecular weight excluding hydrogens is 372 g/mol. The maximum absolute atomic E-state index is 11.8. The van der Waals surface area contributed by atoms with Crippen LogP contribution in [0.5, 0.6) is 0 Å². The standard InChI is InChI=1S/C18H32N2O4S2/c1-13(2)25(21,22)19-11-15(5)17-7-9-18(10-8-17)16(6)12-20-26(23,24)14(3)4/h7-10,13-16,19-20H,11-12H2,1-6H3. The molecule has 0 aliphatic carbocycles. The van der Waals surface area contributed by atoms with Crippen LogP contribution in [0.25, 0.3) is 0 Å². The van der Waals surface area contributed by atoms with E-state index in [1.54, 1.807) is 27.7 Å². The molecule has 0 saturated carbocycles. The highest BCUT2D eigenvalue weighted by molar-refractivity contribution is 7.90. The Morgan fingerprint density at radius 3 is 1.15 bits per heavy atom. The summed E-state index contributed by atoms with van der Waals surface area (Å²) >= 11 is 0.